The number of nitrogens with zero attached hydrogens (tertiary/aromatic N) is 4. The maximum atomic E-state index is 13.2. The Morgan fingerprint density at radius 3 is 2.45 bits per heavy atom. The van der Waals surface area contributed by atoms with Crippen molar-refractivity contribution in [2.45, 2.75) is 31.3 Å². The first-order chi connectivity index (χ1) is 14.8. The zero-order valence-electron chi connectivity index (χ0n) is 16.0. The summed E-state index contributed by atoms with van der Waals surface area (Å²) in [5.41, 5.74) is 0.330. The van der Waals surface area contributed by atoms with E-state index < -0.39 is 34.4 Å². The van der Waals surface area contributed by atoms with Crippen LogP contribution in [0.5, 0.6) is 0 Å². The maximum absolute atomic E-state index is 13.2. The molecule has 0 bridgehead atoms. The van der Waals surface area contributed by atoms with E-state index in [2.05, 4.69) is 0 Å². The van der Waals surface area contributed by atoms with Crippen molar-refractivity contribution in [3.05, 3.63) is 68.7 Å². The Bertz CT molecular complexity index is 1150. The fourth-order valence-electron chi connectivity index (χ4n) is 3.64. The zero-order valence-corrected chi connectivity index (χ0v) is 16.8. The van der Waals surface area contributed by atoms with E-state index in [0.29, 0.717) is 24.1 Å². The van der Waals surface area contributed by atoms with Crippen LogP contribution in [0.1, 0.15) is 35.2 Å². The largest absolute Gasteiger partial charge is 0.323 e. The Hall–Kier alpha value is -3.77. The normalized spacial score (nSPS) is 18.1. The van der Waals surface area contributed by atoms with Gasteiger partial charge in [-0.1, -0.05) is 11.6 Å². The highest BCUT2D eigenvalue weighted by molar-refractivity contribution is 6.32. The molecule has 2 aliphatic rings. The smallest absolute Gasteiger partial charge is 0.288 e. The van der Waals surface area contributed by atoms with Gasteiger partial charge < -0.3 is 4.90 Å². The number of amides is 3. The Kier molecular flexibility index (Phi) is 5.17. The number of carbonyl (C=O) groups is 3. The fourth-order valence-corrected chi connectivity index (χ4v) is 3.83. The molecule has 10 heteroatoms. The molecule has 0 N–H and O–H groups in total. The summed E-state index contributed by atoms with van der Waals surface area (Å²) in [7, 11) is 0. The lowest BCUT2D eigenvalue weighted by Crippen LogP contribution is -2.46. The van der Waals surface area contributed by atoms with Crippen LogP contribution >= 0.6 is 11.6 Å². The Labute approximate surface area is 181 Å². The van der Waals surface area contributed by atoms with Crippen LogP contribution in [0.2, 0.25) is 5.02 Å². The minimum Gasteiger partial charge on any atom is -0.323 e. The van der Waals surface area contributed by atoms with Crippen molar-refractivity contribution in [1.82, 2.24) is 4.90 Å². The highest BCUT2D eigenvalue weighted by Crippen LogP contribution is 2.36. The van der Waals surface area contributed by atoms with Gasteiger partial charge in [-0.05, 0) is 49.2 Å². The van der Waals surface area contributed by atoms with E-state index in [1.807, 2.05) is 6.07 Å². The van der Waals surface area contributed by atoms with Crippen molar-refractivity contribution < 1.29 is 19.3 Å². The average Bonchev–Trinajstić information content (AvgIpc) is 3.54. The number of nitro groups is 1. The molecule has 1 aliphatic heterocycles. The molecule has 9 nitrogen and oxygen atoms in total. The summed E-state index contributed by atoms with van der Waals surface area (Å²) < 4.78 is 0. The molecule has 0 spiro atoms. The summed E-state index contributed by atoms with van der Waals surface area (Å²) in [6.07, 6.45) is 1.17. The van der Waals surface area contributed by atoms with Crippen molar-refractivity contribution in [2.75, 3.05) is 4.90 Å². The number of halogens is 1. The number of carbonyl (C=O) groups excluding carboxylic acids is 3. The predicted octanol–water partition coefficient (Wildman–Crippen LogP) is 3.06. The first-order valence-corrected chi connectivity index (χ1v) is 9.83. The van der Waals surface area contributed by atoms with Crippen molar-refractivity contribution in [2.24, 2.45) is 0 Å². The molecule has 0 aromatic heterocycles. The van der Waals surface area contributed by atoms with Gasteiger partial charge in [0.1, 0.15) is 11.1 Å². The Morgan fingerprint density at radius 1 is 1.19 bits per heavy atom. The first-order valence-electron chi connectivity index (χ1n) is 9.45. The monoisotopic (exact) mass is 438 g/mol. The number of hydrogen-bond donors (Lipinski definition) is 0. The quantitative estimate of drug-likeness (QED) is 0.401. The van der Waals surface area contributed by atoms with Crippen LogP contribution in [0.15, 0.2) is 42.5 Å². The summed E-state index contributed by atoms with van der Waals surface area (Å²) in [5.74, 6) is -1.56. The third-order valence-electron chi connectivity index (χ3n) is 5.28. The van der Waals surface area contributed by atoms with Gasteiger partial charge in [0, 0.05) is 17.7 Å². The molecule has 1 aliphatic carbocycles. The lowest BCUT2D eigenvalue weighted by molar-refractivity contribution is -0.384. The Balaban J connectivity index is 1.65. The van der Waals surface area contributed by atoms with Crippen molar-refractivity contribution in [3.63, 3.8) is 0 Å². The molecule has 2 aromatic carbocycles. The van der Waals surface area contributed by atoms with Gasteiger partial charge in [0.05, 0.1) is 28.7 Å². The molecule has 2 aromatic rings. The average molecular weight is 439 g/mol. The van der Waals surface area contributed by atoms with Crippen LogP contribution in [0.3, 0.4) is 0 Å². The summed E-state index contributed by atoms with van der Waals surface area (Å²) in [4.78, 5) is 51.9. The first kappa shape index (κ1) is 20.5. The van der Waals surface area contributed by atoms with Gasteiger partial charge in [-0.3, -0.25) is 24.5 Å². The lowest BCUT2D eigenvalue weighted by atomic mass is 10.1. The van der Waals surface area contributed by atoms with Crippen LogP contribution in [0.25, 0.3) is 0 Å². The minimum absolute atomic E-state index is 0.0278. The third-order valence-corrected chi connectivity index (χ3v) is 5.60. The van der Waals surface area contributed by atoms with Crippen molar-refractivity contribution in [3.8, 4) is 6.07 Å². The van der Waals surface area contributed by atoms with Gasteiger partial charge in [0.2, 0.25) is 5.91 Å². The number of nitro benzene ring substituents is 1. The van der Waals surface area contributed by atoms with E-state index >= 15 is 0 Å². The topological polar surface area (TPSA) is 125 Å². The molecular weight excluding hydrogens is 424 g/mol. The second-order valence-corrected chi connectivity index (χ2v) is 7.72. The number of hydrogen-bond acceptors (Lipinski definition) is 6. The number of rotatable bonds is 5. The van der Waals surface area contributed by atoms with Crippen molar-refractivity contribution >= 4 is 40.7 Å². The summed E-state index contributed by atoms with van der Waals surface area (Å²) in [6.45, 7) is 0. The Morgan fingerprint density at radius 2 is 1.87 bits per heavy atom. The van der Waals surface area contributed by atoms with Crippen LogP contribution in [0.4, 0.5) is 11.4 Å². The third kappa shape index (κ3) is 3.73. The van der Waals surface area contributed by atoms with Crippen LogP contribution in [-0.4, -0.2) is 39.6 Å². The summed E-state index contributed by atoms with van der Waals surface area (Å²) >= 11 is 5.84. The summed E-state index contributed by atoms with van der Waals surface area (Å²) in [6, 6.07) is 10.5. The number of benzene rings is 2. The van der Waals surface area contributed by atoms with Gasteiger partial charge in [-0.15, -0.1) is 0 Å². The van der Waals surface area contributed by atoms with Crippen LogP contribution in [-0.2, 0) is 9.59 Å². The van der Waals surface area contributed by atoms with E-state index in [1.54, 1.807) is 0 Å². The second-order valence-electron chi connectivity index (χ2n) is 7.31. The lowest BCUT2D eigenvalue weighted by Gasteiger charge is -2.27. The molecule has 3 amide bonds. The van der Waals surface area contributed by atoms with E-state index in [1.165, 1.54) is 41.3 Å². The fraction of sp³-hybridized carbons (Fsp3) is 0.238. The number of anilines is 1. The van der Waals surface area contributed by atoms with Gasteiger partial charge >= 0.3 is 0 Å². The van der Waals surface area contributed by atoms with Crippen molar-refractivity contribution in [1.29, 1.82) is 5.26 Å². The van der Waals surface area contributed by atoms with E-state index in [-0.39, 0.29) is 23.0 Å². The number of imide groups is 1. The van der Waals surface area contributed by atoms with Crippen LogP contribution < -0.4 is 4.90 Å². The van der Waals surface area contributed by atoms with Gasteiger partial charge in [0.25, 0.3) is 17.5 Å². The molecular formula is C21H15ClN4O5. The number of nitriles is 1. The van der Waals surface area contributed by atoms with Gasteiger partial charge in [-0.25, -0.2) is 4.90 Å². The highest BCUT2D eigenvalue weighted by Gasteiger charge is 2.49. The van der Waals surface area contributed by atoms with E-state index in [0.717, 1.165) is 11.0 Å². The standard InChI is InChI=1S/C21H15ClN4O5/c22-16-8-3-13(9-17(16)26(30)31)20(28)24(14-6-7-14)18-10-19(27)25(21(18)29)15-4-1-12(11-23)2-5-15/h1-5,8-9,14,18H,6-7,10H2. The molecule has 1 atom stereocenters. The summed E-state index contributed by atoms with van der Waals surface area (Å²) in [5, 5.41) is 20.0. The van der Waals surface area contributed by atoms with Gasteiger partial charge in [-0.2, -0.15) is 5.26 Å². The highest BCUT2D eigenvalue weighted by atomic mass is 35.5. The van der Waals surface area contributed by atoms with E-state index in [4.69, 9.17) is 16.9 Å². The molecule has 2 fully saturated rings. The molecule has 1 saturated heterocycles. The molecule has 1 heterocycles. The van der Waals surface area contributed by atoms with Gasteiger partial charge in [0.15, 0.2) is 0 Å². The van der Waals surface area contributed by atoms with Crippen LogP contribution in [0, 0.1) is 21.4 Å². The molecule has 1 saturated carbocycles. The maximum Gasteiger partial charge on any atom is 0.288 e. The SMILES string of the molecule is N#Cc1ccc(N2C(=O)CC(N(C(=O)c3ccc(Cl)c([N+](=O)[O-])c3)C3CC3)C2=O)cc1. The molecule has 31 heavy (non-hydrogen) atoms. The molecule has 1 unspecified atom stereocenters. The molecule has 0 radical (unpaired) electrons. The second kappa shape index (κ2) is 7.81. The van der Waals surface area contributed by atoms with E-state index in [9.17, 15) is 24.5 Å². The minimum atomic E-state index is -1.00. The predicted molar refractivity (Wildman–Crippen MR) is 109 cm³/mol. The molecule has 4 rings (SSSR count). The zero-order chi connectivity index (χ0) is 22.3. The molecule has 156 valence electrons.